The van der Waals surface area contributed by atoms with Gasteiger partial charge in [0.2, 0.25) is 0 Å². The summed E-state index contributed by atoms with van der Waals surface area (Å²) in [5, 5.41) is 3.19. The minimum Gasteiger partial charge on any atom is -0.384 e. The third-order valence-corrected chi connectivity index (χ3v) is 2.58. The van der Waals surface area contributed by atoms with Gasteiger partial charge in [-0.15, -0.1) is 0 Å². The van der Waals surface area contributed by atoms with E-state index in [2.05, 4.69) is 56.9 Å². The van der Waals surface area contributed by atoms with Crippen molar-refractivity contribution < 1.29 is 0 Å². The van der Waals surface area contributed by atoms with Gasteiger partial charge >= 0.3 is 0 Å². The Hall–Kier alpha value is -1.28. The van der Waals surface area contributed by atoms with Crippen LogP contribution in [0.4, 0.5) is 0 Å². The summed E-state index contributed by atoms with van der Waals surface area (Å²) in [5.74, 6) is 0. The molecule has 0 bridgehead atoms. The second kappa shape index (κ2) is 5.17. The molecule has 0 heterocycles. The van der Waals surface area contributed by atoms with Gasteiger partial charge in [-0.2, -0.15) is 0 Å². The van der Waals surface area contributed by atoms with Crippen molar-refractivity contribution in [1.82, 2.24) is 5.32 Å². The molecule has 0 amide bonds. The van der Waals surface area contributed by atoms with Crippen LogP contribution >= 0.6 is 0 Å². The molecule has 0 radical (unpaired) electrons. The van der Waals surface area contributed by atoms with Crippen LogP contribution in [-0.4, -0.2) is 13.1 Å². The fourth-order valence-electron chi connectivity index (χ4n) is 1.50. The molecule has 1 aromatic rings. The van der Waals surface area contributed by atoms with E-state index in [0.717, 1.165) is 17.8 Å². The van der Waals surface area contributed by atoms with Crippen LogP contribution in [-0.2, 0) is 5.41 Å². The Morgan fingerprint density at radius 1 is 1.25 bits per heavy atom. The van der Waals surface area contributed by atoms with Gasteiger partial charge in [-0.1, -0.05) is 51.6 Å². The van der Waals surface area contributed by atoms with Crippen molar-refractivity contribution in [1.29, 1.82) is 0 Å². The second-order valence-corrected chi connectivity index (χ2v) is 5.02. The van der Waals surface area contributed by atoms with Gasteiger partial charge in [0.15, 0.2) is 0 Å². The molecule has 0 atom stereocenters. The molecular formula is C14H22N2. The summed E-state index contributed by atoms with van der Waals surface area (Å²) >= 11 is 0. The van der Waals surface area contributed by atoms with Crippen LogP contribution in [0.25, 0.3) is 5.70 Å². The fourth-order valence-corrected chi connectivity index (χ4v) is 1.50. The number of nitrogens with one attached hydrogen (secondary N) is 1. The zero-order chi connectivity index (χ0) is 12.2. The van der Waals surface area contributed by atoms with Crippen LogP contribution in [0.5, 0.6) is 0 Å². The van der Waals surface area contributed by atoms with Crippen molar-refractivity contribution in [2.45, 2.75) is 26.2 Å². The van der Waals surface area contributed by atoms with Gasteiger partial charge in [-0.05, 0) is 16.5 Å². The lowest BCUT2D eigenvalue weighted by Crippen LogP contribution is -2.20. The molecule has 0 unspecified atom stereocenters. The highest BCUT2D eigenvalue weighted by Gasteiger charge is 2.12. The van der Waals surface area contributed by atoms with Crippen molar-refractivity contribution in [2.75, 3.05) is 13.1 Å². The van der Waals surface area contributed by atoms with E-state index in [1.165, 1.54) is 5.56 Å². The van der Waals surface area contributed by atoms with E-state index in [1.54, 1.807) is 0 Å². The summed E-state index contributed by atoms with van der Waals surface area (Å²) < 4.78 is 0. The largest absolute Gasteiger partial charge is 0.384 e. The molecule has 88 valence electrons. The van der Waals surface area contributed by atoms with Crippen molar-refractivity contribution in [2.24, 2.45) is 5.73 Å². The number of rotatable bonds is 4. The maximum atomic E-state index is 5.43. The zero-order valence-corrected chi connectivity index (χ0v) is 10.5. The zero-order valence-electron chi connectivity index (χ0n) is 10.5. The molecule has 0 aliphatic carbocycles. The van der Waals surface area contributed by atoms with E-state index in [1.807, 2.05) is 0 Å². The van der Waals surface area contributed by atoms with E-state index >= 15 is 0 Å². The molecular weight excluding hydrogens is 196 g/mol. The Morgan fingerprint density at radius 2 is 1.81 bits per heavy atom. The van der Waals surface area contributed by atoms with Crippen LogP contribution in [0.3, 0.4) is 0 Å². The first kappa shape index (κ1) is 12.8. The third kappa shape index (κ3) is 3.38. The molecule has 2 nitrogen and oxygen atoms in total. The summed E-state index contributed by atoms with van der Waals surface area (Å²) in [6.07, 6.45) is 0. The number of hydrogen-bond donors (Lipinski definition) is 2. The SMILES string of the molecule is C=C(NCCN)c1ccc(C(C)(C)C)cc1. The Morgan fingerprint density at radius 3 is 2.25 bits per heavy atom. The molecule has 0 aliphatic rings. The summed E-state index contributed by atoms with van der Waals surface area (Å²) in [6, 6.07) is 8.52. The normalized spacial score (nSPS) is 11.2. The number of hydrogen-bond acceptors (Lipinski definition) is 2. The average molecular weight is 218 g/mol. The predicted molar refractivity (Wildman–Crippen MR) is 71.2 cm³/mol. The second-order valence-electron chi connectivity index (χ2n) is 5.02. The Labute approximate surface area is 98.6 Å². The first-order valence-corrected chi connectivity index (χ1v) is 5.69. The molecule has 3 N–H and O–H groups in total. The smallest absolute Gasteiger partial charge is 0.0341 e. The molecule has 0 saturated carbocycles. The fraction of sp³-hybridized carbons (Fsp3) is 0.429. The Bertz CT molecular complexity index is 344. The van der Waals surface area contributed by atoms with Gasteiger partial charge in [0.25, 0.3) is 0 Å². The van der Waals surface area contributed by atoms with Gasteiger partial charge in [0, 0.05) is 18.8 Å². The Balaban J connectivity index is 2.75. The quantitative estimate of drug-likeness (QED) is 0.815. The van der Waals surface area contributed by atoms with Crippen LogP contribution in [0.15, 0.2) is 30.8 Å². The monoisotopic (exact) mass is 218 g/mol. The summed E-state index contributed by atoms with van der Waals surface area (Å²) in [7, 11) is 0. The summed E-state index contributed by atoms with van der Waals surface area (Å²) in [6.45, 7) is 12.0. The molecule has 2 heteroatoms. The van der Waals surface area contributed by atoms with Crippen molar-refractivity contribution in [3.8, 4) is 0 Å². The highest BCUT2D eigenvalue weighted by Crippen LogP contribution is 2.23. The first-order valence-electron chi connectivity index (χ1n) is 5.69. The maximum Gasteiger partial charge on any atom is 0.0341 e. The van der Waals surface area contributed by atoms with Crippen LogP contribution in [0.2, 0.25) is 0 Å². The minimum absolute atomic E-state index is 0.199. The first-order chi connectivity index (χ1) is 7.45. The van der Waals surface area contributed by atoms with Crippen LogP contribution in [0, 0.1) is 0 Å². The lowest BCUT2D eigenvalue weighted by atomic mass is 9.86. The van der Waals surface area contributed by atoms with Crippen molar-refractivity contribution in [3.05, 3.63) is 42.0 Å². The van der Waals surface area contributed by atoms with E-state index in [-0.39, 0.29) is 5.41 Å². The lowest BCUT2D eigenvalue weighted by molar-refractivity contribution is 0.590. The summed E-state index contributed by atoms with van der Waals surface area (Å²) in [5.41, 5.74) is 9.03. The van der Waals surface area contributed by atoms with Gasteiger partial charge in [-0.3, -0.25) is 0 Å². The van der Waals surface area contributed by atoms with Gasteiger partial charge in [0.05, 0.1) is 0 Å². The standard InChI is InChI=1S/C14H22N2/c1-11(16-10-9-15)12-5-7-13(8-6-12)14(2,3)4/h5-8,16H,1,9-10,15H2,2-4H3. The third-order valence-electron chi connectivity index (χ3n) is 2.58. The number of nitrogens with two attached hydrogens (primary N) is 1. The van der Waals surface area contributed by atoms with Crippen LogP contribution < -0.4 is 11.1 Å². The Kier molecular flexibility index (Phi) is 4.13. The molecule has 0 spiro atoms. The molecule has 0 saturated heterocycles. The highest BCUT2D eigenvalue weighted by molar-refractivity contribution is 5.61. The highest BCUT2D eigenvalue weighted by atomic mass is 14.9. The molecule has 16 heavy (non-hydrogen) atoms. The van der Waals surface area contributed by atoms with Crippen molar-refractivity contribution >= 4 is 5.70 Å². The minimum atomic E-state index is 0.199. The molecule has 1 rings (SSSR count). The summed E-state index contributed by atoms with van der Waals surface area (Å²) in [4.78, 5) is 0. The average Bonchev–Trinajstić information content (AvgIpc) is 2.25. The maximum absolute atomic E-state index is 5.43. The molecule has 0 fully saturated rings. The van der Waals surface area contributed by atoms with E-state index in [9.17, 15) is 0 Å². The van der Waals surface area contributed by atoms with Crippen LogP contribution in [0.1, 0.15) is 31.9 Å². The molecule has 1 aromatic carbocycles. The van der Waals surface area contributed by atoms with E-state index in [4.69, 9.17) is 5.73 Å². The lowest BCUT2D eigenvalue weighted by Gasteiger charge is -2.19. The topological polar surface area (TPSA) is 38.0 Å². The van der Waals surface area contributed by atoms with Gasteiger partial charge < -0.3 is 11.1 Å². The van der Waals surface area contributed by atoms with E-state index in [0.29, 0.717) is 6.54 Å². The predicted octanol–water partition coefficient (Wildman–Crippen LogP) is 2.50. The number of benzene rings is 1. The van der Waals surface area contributed by atoms with E-state index < -0.39 is 0 Å². The van der Waals surface area contributed by atoms with Crippen molar-refractivity contribution in [3.63, 3.8) is 0 Å². The molecule has 0 aromatic heterocycles. The van der Waals surface area contributed by atoms with Gasteiger partial charge in [-0.25, -0.2) is 0 Å². The van der Waals surface area contributed by atoms with Gasteiger partial charge in [0.1, 0.15) is 0 Å². The molecule has 0 aliphatic heterocycles.